The molecule has 4 aromatic rings. The molecule has 0 aliphatic heterocycles. The Morgan fingerprint density at radius 1 is 0.514 bits per heavy atom. The van der Waals surface area contributed by atoms with Crippen LogP contribution in [0, 0.1) is 58.2 Å². The molecule has 3 nitrogen and oxygen atoms in total. The molecule has 0 fully saturated rings. The molecule has 4 rings (SSSR count). The van der Waals surface area contributed by atoms with E-state index in [9.17, 15) is 49.0 Å². The van der Waals surface area contributed by atoms with Crippen LogP contribution in [0.4, 0.5) is 43.9 Å². The van der Waals surface area contributed by atoms with Crippen LogP contribution in [0.5, 0.6) is 0 Å². The molecule has 0 aliphatic carbocycles. The highest BCUT2D eigenvalue weighted by Crippen LogP contribution is 2.38. The Balaban J connectivity index is 1.88. The first-order valence-electron chi connectivity index (χ1n) is 9.50. The lowest BCUT2D eigenvalue weighted by atomic mass is 9.91. The zero-order valence-corrected chi connectivity index (χ0v) is 16.8. The molecule has 2 heterocycles. The van der Waals surface area contributed by atoms with Crippen LogP contribution >= 0.6 is 0 Å². The Hall–Kier alpha value is -3.74. The predicted octanol–water partition coefficient (Wildman–Crippen LogP) is 6.00. The van der Waals surface area contributed by atoms with Gasteiger partial charge in [0.05, 0.1) is 11.5 Å². The second-order valence-electron chi connectivity index (χ2n) is 7.30. The van der Waals surface area contributed by atoms with Gasteiger partial charge in [-0.05, 0) is 24.3 Å². The van der Waals surface area contributed by atoms with Crippen LogP contribution in [-0.4, -0.2) is 15.1 Å². The molecule has 2 unspecified atom stereocenters. The summed E-state index contributed by atoms with van der Waals surface area (Å²) in [6.45, 7) is 0. The predicted molar refractivity (Wildman–Crippen MR) is 99.1 cm³/mol. The number of hydrogen-bond donors (Lipinski definition) is 3. The molecule has 0 radical (unpaired) electrons. The first-order chi connectivity index (χ1) is 16.5. The number of benzene rings is 2. The van der Waals surface area contributed by atoms with Gasteiger partial charge in [0.15, 0.2) is 46.5 Å². The molecule has 0 aliphatic rings. The Labute approximate surface area is 188 Å². The van der Waals surface area contributed by atoms with Crippen LogP contribution in [0.2, 0.25) is 0 Å². The fraction of sp³-hybridized carbons (Fsp3) is 0.0909. The van der Waals surface area contributed by atoms with Crippen LogP contribution < -0.4 is 0 Å². The number of aromatic nitrogens is 2. The Bertz CT molecular complexity index is 1370. The SMILES string of the molecule is OC(c1ccc(C(c2ccc[nH]2)c2c(F)c(F)c(F)c(F)c2F)[nH]1)c1c(F)c(F)c(F)c(F)c1F. The molecule has 2 aromatic carbocycles. The first-order valence-corrected chi connectivity index (χ1v) is 9.50. The second kappa shape index (κ2) is 8.80. The molecule has 184 valence electrons. The average Bonchev–Trinajstić information content (AvgIpc) is 3.54. The van der Waals surface area contributed by atoms with Gasteiger partial charge in [-0.3, -0.25) is 0 Å². The van der Waals surface area contributed by atoms with Crippen molar-refractivity contribution in [1.82, 2.24) is 9.97 Å². The Morgan fingerprint density at radius 3 is 1.40 bits per heavy atom. The standard InChI is InChI=1S/C22H10F10N2O/c23-12-10(13(24)17(28)20(31)16(12)27)9(6-2-1-5-33-6)7-3-4-8(34-7)22(35)11-14(25)18(29)21(32)19(30)15(11)26/h1-5,9,22,33-35H. The second-order valence-corrected chi connectivity index (χ2v) is 7.30. The smallest absolute Gasteiger partial charge is 0.200 e. The molecular weight excluding hydrogens is 498 g/mol. The summed E-state index contributed by atoms with van der Waals surface area (Å²) in [5.41, 5.74) is -3.99. The van der Waals surface area contributed by atoms with Crippen molar-refractivity contribution in [2.45, 2.75) is 12.0 Å². The lowest BCUT2D eigenvalue weighted by Gasteiger charge is -2.19. The number of H-pyrrole nitrogens is 2. The van der Waals surface area contributed by atoms with E-state index < -0.39 is 87.0 Å². The third kappa shape index (κ3) is 3.75. The van der Waals surface area contributed by atoms with Crippen molar-refractivity contribution in [1.29, 1.82) is 0 Å². The topological polar surface area (TPSA) is 51.8 Å². The highest BCUT2D eigenvalue weighted by Gasteiger charge is 2.35. The van der Waals surface area contributed by atoms with E-state index in [2.05, 4.69) is 9.97 Å². The summed E-state index contributed by atoms with van der Waals surface area (Å²) in [5.74, 6) is -24.7. The maximum atomic E-state index is 14.6. The maximum absolute atomic E-state index is 14.6. The number of halogens is 10. The molecule has 35 heavy (non-hydrogen) atoms. The highest BCUT2D eigenvalue weighted by molar-refractivity contribution is 5.42. The van der Waals surface area contributed by atoms with Crippen molar-refractivity contribution in [3.63, 3.8) is 0 Å². The van der Waals surface area contributed by atoms with Crippen molar-refractivity contribution in [3.05, 3.63) is 117 Å². The van der Waals surface area contributed by atoms with E-state index in [1.165, 1.54) is 18.3 Å². The molecule has 0 amide bonds. The van der Waals surface area contributed by atoms with Crippen LogP contribution in [0.1, 0.15) is 40.2 Å². The van der Waals surface area contributed by atoms with Crippen LogP contribution in [0.25, 0.3) is 0 Å². The van der Waals surface area contributed by atoms with Gasteiger partial charge in [-0.15, -0.1) is 0 Å². The number of aromatic amines is 2. The number of rotatable bonds is 5. The summed E-state index contributed by atoms with van der Waals surface area (Å²) in [6.07, 6.45) is -1.23. The number of aliphatic hydroxyl groups is 1. The third-order valence-electron chi connectivity index (χ3n) is 5.32. The molecule has 0 saturated carbocycles. The lowest BCUT2D eigenvalue weighted by molar-refractivity contribution is 0.198. The molecule has 3 N–H and O–H groups in total. The van der Waals surface area contributed by atoms with Gasteiger partial charge >= 0.3 is 0 Å². The monoisotopic (exact) mass is 508 g/mol. The minimum atomic E-state index is -2.49. The van der Waals surface area contributed by atoms with Crippen molar-refractivity contribution in [2.24, 2.45) is 0 Å². The maximum Gasteiger partial charge on any atom is 0.200 e. The van der Waals surface area contributed by atoms with Crippen LogP contribution in [-0.2, 0) is 0 Å². The van der Waals surface area contributed by atoms with Gasteiger partial charge < -0.3 is 15.1 Å². The summed E-state index contributed by atoms with van der Waals surface area (Å²) in [5, 5.41) is 10.3. The Morgan fingerprint density at radius 2 is 0.943 bits per heavy atom. The normalized spacial score (nSPS) is 13.3. The van der Waals surface area contributed by atoms with Crippen molar-refractivity contribution < 1.29 is 49.0 Å². The van der Waals surface area contributed by atoms with E-state index in [0.717, 1.165) is 12.1 Å². The molecule has 0 saturated heterocycles. The fourth-order valence-corrected chi connectivity index (χ4v) is 3.65. The van der Waals surface area contributed by atoms with Crippen molar-refractivity contribution in [2.75, 3.05) is 0 Å². The van der Waals surface area contributed by atoms with Crippen LogP contribution in [0.3, 0.4) is 0 Å². The Kier molecular flexibility index (Phi) is 6.13. The van der Waals surface area contributed by atoms with Gasteiger partial charge in [0, 0.05) is 28.8 Å². The van der Waals surface area contributed by atoms with E-state index in [1.54, 1.807) is 0 Å². The van der Waals surface area contributed by atoms with Gasteiger partial charge in [-0.25, -0.2) is 43.9 Å². The van der Waals surface area contributed by atoms with E-state index in [0.29, 0.717) is 0 Å². The average molecular weight is 508 g/mol. The molecule has 0 bridgehead atoms. The summed E-state index contributed by atoms with van der Waals surface area (Å²) >= 11 is 0. The van der Waals surface area contributed by atoms with Gasteiger partial charge in [0.2, 0.25) is 11.6 Å². The van der Waals surface area contributed by atoms with Gasteiger partial charge in [-0.1, -0.05) is 0 Å². The first kappa shape index (κ1) is 24.4. The minimum absolute atomic E-state index is 0.104. The molecule has 2 atom stereocenters. The fourth-order valence-electron chi connectivity index (χ4n) is 3.65. The summed E-state index contributed by atoms with van der Waals surface area (Å²) < 4.78 is 139. The van der Waals surface area contributed by atoms with E-state index in [-0.39, 0.29) is 11.4 Å². The molecular formula is C22H10F10N2O. The zero-order chi connectivity index (χ0) is 25.8. The van der Waals surface area contributed by atoms with Gasteiger partial charge in [0.25, 0.3) is 0 Å². The van der Waals surface area contributed by atoms with Gasteiger partial charge in [0.1, 0.15) is 6.10 Å². The number of nitrogens with one attached hydrogen (secondary N) is 2. The van der Waals surface area contributed by atoms with E-state index >= 15 is 0 Å². The van der Waals surface area contributed by atoms with E-state index in [4.69, 9.17) is 0 Å². The summed E-state index contributed by atoms with van der Waals surface area (Å²) in [4.78, 5) is 4.84. The zero-order valence-electron chi connectivity index (χ0n) is 16.8. The summed E-state index contributed by atoms with van der Waals surface area (Å²) in [7, 11) is 0. The quantitative estimate of drug-likeness (QED) is 0.173. The molecule has 0 spiro atoms. The van der Waals surface area contributed by atoms with E-state index in [1.807, 2.05) is 0 Å². The summed E-state index contributed by atoms with van der Waals surface area (Å²) in [6, 6.07) is 4.40. The van der Waals surface area contributed by atoms with Gasteiger partial charge in [-0.2, -0.15) is 0 Å². The molecule has 2 aromatic heterocycles. The van der Waals surface area contributed by atoms with Crippen molar-refractivity contribution >= 4 is 0 Å². The van der Waals surface area contributed by atoms with Crippen molar-refractivity contribution in [3.8, 4) is 0 Å². The number of hydrogen-bond acceptors (Lipinski definition) is 1. The minimum Gasteiger partial charge on any atom is -0.382 e. The lowest BCUT2D eigenvalue weighted by Crippen LogP contribution is -2.15. The number of aliphatic hydroxyl groups excluding tert-OH is 1. The van der Waals surface area contributed by atoms with Crippen LogP contribution in [0.15, 0.2) is 30.5 Å². The third-order valence-corrected chi connectivity index (χ3v) is 5.32. The highest BCUT2D eigenvalue weighted by atomic mass is 19.2. The largest absolute Gasteiger partial charge is 0.382 e. The molecule has 13 heteroatoms.